The van der Waals surface area contributed by atoms with Crippen LogP contribution in [0.2, 0.25) is 0 Å². The third-order valence-corrected chi connectivity index (χ3v) is 13.2. The van der Waals surface area contributed by atoms with Gasteiger partial charge < -0.3 is 8.39 Å². The van der Waals surface area contributed by atoms with Gasteiger partial charge in [-0.3, -0.25) is 0 Å². The maximum atomic E-state index is 7.39. The molecule has 0 saturated heterocycles. The summed E-state index contributed by atoms with van der Waals surface area (Å²) in [4.78, 5) is 0. The van der Waals surface area contributed by atoms with Crippen molar-refractivity contribution in [2.45, 2.75) is 131 Å². The summed E-state index contributed by atoms with van der Waals surface area (Å²) >= 11 is 0. The highest BCUT2D eigenvalue weighted by atomic mass is 31.1. The van der Waals surface area contributed by atoms with Crippen LogP contribution in [0.25, 0.3) is 43.5 Å². The maximum Gasteiger partial charge on any atom is 0.310 e. The van der Waals surface area contributed by atoms with Gasteiger partial charge in [0, 0.05) is 16.8 Å². The van der Waals surface area contributed by atoms with Crippen LogP contribution in [0.5, 0.6) is 0 Å². The van der Waals surface area contributed by atoms with Gasteiger partial charge in [0.1, 0.15) is 11.2 Å². The number of rotatable bonds is 17. The van der Waals surface area contributed by atoms with Crippen molar-refractivity contribution in [2.75, 3.05) is 4.67 Å². The molecule has 0 fully saturated rings. The predicted molar refractivity (Wildman–Crippen MR) is 244 cm³/mol. The first-order chi connectivity index (χ1) is 27.4. The molecule has 4 heteroatoms. The van der Waals surface area contributed by atoms with Gasteiger partial charge in [-0.15, -0.1) is 0 Å². The molecule has 0 amide bonds. The van der Waals surface area contributed by atoms with E-state index in [2.05, 4.69) is 155 Å². The molecule has 3 nitrogen and oxygen atoms in total. The molecule has 0 bridgehead atoms. The molecule has 0 atom stereocenters. The van der Waals surface area contributed by atoms with Crippen LogP contribution in [-0.4, -0.2) is 6.04 Å². The van der Waals surface area contributed by atoms with Crippen molar-refractivity contribution in [3.63, 3.8) is 0 Å². The van der Waals surface area contributed by atoms with E-state index in [4.69, 9.17) is 8.39 Å². The van der Waals surface area contributed by atoms with Crippen molar-refractivity contribution in [1.29, 1.82) is 0 Å². The van der Waals surface area contributed by atoms with E-state index in [-0.39, 0.29) is 12.1 Å². The number of nitrogens with zero attached hydrogens (tertiary/aromatic N) is 1. The smallest absolute Gasteiger partial charge is 0.310 e. The molecule has 0 unspecified atom stereocenters. The summed E-state index contributed by atoms with van der Waals surface area (Å²) in [5.74, 6) is 0. The zero-order valence-electron chi connectivity index (χ0n) is 34.7. The van der Waals surface area contributed by atoms with Crippen LogP contribution in [0.15, 0.2) is 118 Å². The third kappa shape index (κ3) is 8.81. The van der Waals surface area contributed by atoms with Crippen molar-refractivity contribution < 1.29 is 8.39 Å². The Morgan fingerprint density at radius 1 is 0.482 bits per heavy atom. The zero-order valence-corrected chi connectivity index (χ0v) is 35.6. The standard InChI is InChI=1S/C52H62NO2P/c1-7-11-19-38-31-39(20-12-8-2)34-44(33-38)52(45-35-40(21-13-9-3)32-41(36-45)22-14-10-4)53(37(5)6)56-54-48-29-27-42-23-15-17-25-46(42)50(48)51-47-26-18-16-24-43(47)28-30-49(51)55-56/h15-18,23-37,52H,7-14,19-22H2,1-6H3. The summed E-state index contributed by atoms with van der Waals surface area (Å²) in [6, 6.07) is 41.3. The normalized spacial score (nSPS) is 12.0. The van der Waals surface area contributed by atoms with Crippen LogP contribution in [0, 0.1) is 0 Å². The molecule has 1 aromatic heterocycles. The van der Waals surface area contributed by atoms with E-state index >= 15 is 0 Å². The topological polar surface area (TPSA) is 29.5 Å². The van der Waals surface area contributed by atoms with Gasteiger partial charge in [-0.05, 0) is 132 Å². The van der Waals surface area contributed by atoms with Crippen LogP contribution in [0.1, 0.15) is 132 Å². The van der Waals surface area contributed by atoms with E-state index in [0.29, 0.717) is 0 Å². The van der Waals surface area contributed by atoms with Crippen molar-refractivity contribution in [2.24, 2.45) is 0 Å². The van der Waals surface area contributed by atoms with E-state index in [9.17, 15) is 0 Å². The second-order valence-electron chi connectivity index (χ2n) is 16.2. The van der Waals surface area contributed by atoms with Crippen molar-refractivity contribution >= 4 is 51.6 Å². The number of aryl methyl sites for hydroxylation is 4. The number of fused-ring (bicyclic) bond motifs is 7. The minimum absolute atomic E-state index is 0.0593. The first-order valence-corrected chi connectivity index (χ1v) is 22.8. The molecule has 7 rings (SSSR count). The van der Waals surface area contributed by atoms with E-state index in [1.807, 2.05) is 0 Å². The van der Waals surface area contributed by atoms with E-state index in [1.165, 1.54) is 106 Å². The Kier molecular flexibility index (Phi) is 13.4. The molecule has 0 N–H and O–H groups in total. The van der Waals surface area contributed by atoms with Gasteiger partial charge in [0.2, 0.25) is 0 Å². The Morgan fingerprint density at radius 2 is 0.857 bits per heavy atom. The van der Waals surface area contributed by atoms with Crippen molar-refractivity contribution in [1.82, 2.24) is 0 Å². The molecule has 0 saturated carbocycles. The van der Waals surface area contributed by atoms with Crippen LogP contribution in [0.4, 0.5) is 0 Å². The van der Waals surface area contributed by atoms with E-state index in [1.54, 1.807) is 0 Å². The van der Waals surface area contributed by atoms with Crippen LogP contribution in [-0.2, 0) is 25.7 Å². The lowest BCUT2D eigenvalue weighted by Crippen LogP contribution is -2.33. The Balaban J connectivity index is 1.56. The summed E-state index contributed by atoms with van der Waals surface area (Å²) in [5.41, 5.74) is 10.3. The van der Waals surface area contributed by atoms with Crippen LogP contribution < -0.4 is 4.67 Å². The quantitative estimate of drug-likeness (QED) is 0.0925. The predicted octanol–water partition coefficient (Wildman–Crippen LogP) is 16.1. The lowest BCUT2D eigenvalue weighted by Gasteiger charge is -2.33. The SMILES string of the molecule is CCCCc1cc(CCCC)cc(C(c2cc(CCCC)cc(CCCC)c2)N(C(C)C)p2oc3ccc4ccccc4c3c3c(ccc4ccccc43)o2)c1. The van der Waals surface area contributed by atoms with Gasteiger partial charge in [0.15, 0.2) is 0 Å². The minimum Gasteiger partial charge on any atom is -0.408 e. The summed E-state index contributed by atoms with van der Waals surface area (Å²) < 4.78 is 17.4. The first-order valence-electron chi connectivity index (χ1n) is 21.7. The zero-order chi connectivity index (χ0) is 39.0. The van der Waals surface area contributed by atoms with Gasteiger partial charge in [0.25, 0.3) is 0 Å². The molecule has 0 aliphatic heterocycles. The fraction of sp³-hybridized carbons (Fsp3) is 0.385. The second-order valence-corrected chi connectivity index (χ2v) is 17.5. The van der Waals surface area contributed by atoms with Gasteiger partial charge in [-0.2, -0.15) is 4.67 Å². The van der Waals surface area contributed by atoms with Gasteiger partial charge in [-0.25, -0.2) is 0 Å². The Hall–Kier alpha value is -4.30. The molecule has 1 heterocycles. The highest BCUT2D eigenvalue weighted by Crippen LogP contribution is 2.47. The summed E-state index contributed by atoms with van der Waals surface area (Å²) in [6.45, 7) is 13.9. The lowest BCUT2D eigenvalue weighted by molar-refractivity contribution is 0.575. The maximum absolute atomic E-state index is 7.39. The Morgan fingerprint density at radius 3 is 1.21 bits per heavy atom. The van der Waals surface area contributed by atoms with E-state index in [0.717, 1.165) is 47.6 Å². The number of benzene rings is 6. The summed E-state index contributed by atoms with van der Waals surface area (Å²) in [7, 11) is -1.62. The average molecular weight is 764 g/mol. The van der Waals surface area contributed by atoms with Crippen LogP contribution >= 0.6 is 8.16 Å². The molecule has 0 spiro atoms. The third-order valence-electron chi connectivity index (χ3n) is 11.4. The Labute approximate surface area is 336 Å². The molecule has 56 heavy (non-hydrogen) atoms. The van der Waals surface area contributed by atoms with E-state index < -0.39 is 8.16 Å². The highest BCUT2D eigenvalue weighted by Gasteiger charge is 2.32. The number of unbranched alkanes of at least 4 members (excludes halogenated alkanes) is 4. The minimum atomic E-state index is -1.62. The molecular weight excluding hydrogens is 702 g/mol. The second kappa shape index (κ2) is 18.8. The first kappa shape index (κ1) is 39.9. The summed E-state index contributed by atoms with van der Waals surface area (Å²) in [6.07, 6.45) is 13.9. The molecule has 0 aliphatic carbocycles. The molecule has 6 aromatic carbocycles. The molecule has 0 radical (unpaired) electrons. The summed E-state index contributed by atoms with van der Waals surface area (Å²) in [5, 5.41) is 7.00. The van der Waals surface area contributed by atoms with Gasteiger partial charge in [-0.1, -0.05) is 150 Å². The van der Waals surface area contributed by atoms with Crippen LogP contribution in [0.3, 0.4) is 0 Å². The Bertz CT molecular complexity index is 2230. The number of hydrogen-bond donors (Lipinski definition) is 0. The van der Waals surface area contributed by atoms with Gasteiger partial charge in [0.05, 0.1) is 6.04 Å². The molecule has 7 aromatic rings. The van der Waals surface area contributed by atoms with Crippen molar-refractivity contribution in [3.05, 3.63) is 143 Å². The highest BCUT2D eigenvalue weighted by molar-refractivity contribution is 7.39. The molecule has 0 aliphatic rings. The van der Waals surface area contributed by atoms with Gasteiger partial charge >= 0.3 is 8.16 Å². The lowest BCUT2D eigenvalue weighted by atomic mass is 9.89. The molecule has 292 valence electrons. The molecular formula is C52H62NO2P. The fourth-order valence-corrected chi connectivity index (χ4v) is 10.2. The van der Waals surface area contributed by atoms with Crippen molar-refractivity contribution in [3.8, 4) is 0 Å². The number of hydrogen-bond acceptors (Lipinski definition) is 3. The fourth-order valence-electron chi connectivity index (χ4n) is 8.53. The largest absolute Gasteiger partial charge is 0.408 e. The average Bonchev–Trinajstić information content (AvgIpc) is 3.39. The monoisotopic (exact) mass is 763 g/mol.